The van der Waals surface area contributed by atoms with Crippen LogP contribution in [-0.4, -0.2) is 40.6 Å². The first-order chi connectivity index (χ1) is 9.47. The summed E-state index contributed by atoms with van der Waals surface area (Å²) in [6.07, 6.45) is 3.10. The summed E-state index contributed by atoms with van der Waals surface area (Å²) >= 11 is 0. The van der Waals surface area contributed by atoms with Crippen molar-refractivity contribution in [2.75, 3.05) is 18.9 Å². The maximum Gasteiger partial charge on any atom is 0.322 e. The maximum absolute atomic E-state index is 12.0. The van der Waals surface area contributed by atoms with Gasteiger partial charge in [0.05, 0.1) is 5.92 Å². The van der Waals surface area contributed by atoms with E-state index in [9.17, 15) is 9.59 Å². The Bertz CT molecular complexity index is 530. The lowest BCUT2D eigenvalue weighted by molar-refractivity contribution is -0.141. The lowest BCUT2D eigenvalue weighted by Crippen LogP contribution is -2.36. The number of hydrogen-bond donors (Lipinski definition) is 2. The number of nitrogens with one attached hydrogen (secondary N) is 1. The zero-order valence-corrected chi connectivity index (χ0v) is 11.7. The Morgan fingerprint density at radius 1 is 1.45 bits per heavy atom. The smallest absolute Gasteiger partial charge is 0.322 e. The van der Waals surface area contributed by atoms with Crippen molar-refractivity contribution < 1.29 is 14.7 Å². The highest BCUT2D eigenvalue weighted by atomic mass is 16.4. The number of carboxylic acid groups (broad SMARTS) is 1. The molecule has 108 valence electrons. The number of anilines is 1. The third-order valence-electron chi connectivity index (χ3n) is 3.48. The molecule has 0 saturated heterocycles. The molecule has 0 saturated carbocycles. The summed E-state index contributed by atoms with van der Waals surface area (Å²) < 4.78 is 0. The van der Waals surface area contributed by atoms with Gasteiger partial charge in [-0.25, -0.2) is 9.78 Å². The minimum Gasteiger partial charge on any atom is -0.481 e. The minimum atomic E-state index is -0.916. The van der Waals surface area contributed by atoms with Gasteiger partial charge in [0.1, 0.15) is 5.82 Å². The minimum absolute atomic E-state index is 0.159. The molecule has 0 bridgehead atoms. The van der Waals surface area contributed by atoms with E-state index in [2.05, 4.69) is 10.3 Å². The molecule has 0 aromatic carbocycles. The third kappa shape index (κ3) is 3.26. The number of amides is 2. The molecule has 0 aliphatic heterocycles. The molecule has 6 nitrogen and oxygen atoms in total. The maximum atomic E-state index is 12.0. The van der Waals surface area contributed by atoms with Gasteiger partial charge in [0.25, 0.3) is 0 Å². The molecule has 0 fully saturated rings. The Morgan fingerprint density at radius 3 is 2.90 bits per heavy atom. The summed E-state index contributed by atoms with van der Waals surface area (Å²) in [5.74, 6) is -0.996. The Hall–Kier alpha value is -2.11. The van der Waals surface area contributed by atoms with Crippen molar-refractivity contribution in [1.29, 1.82) is 0 Å². The van der Waals surface area contributed by atoms with E-state index in [1.807, 2.05) is 6.07 Å². The molecule has 0 radical (unpaired) electrons. The molecule has 6 heteroatoms. The van der Waals surface area contributed by atoms with E-state index in [1.165, 1.54) is 10.5 Å². The highest BCUT2D eigenvalue weighted by Crippen LogP contribution is 2.21. The largest absolute Gasteiger partial charge is 0.481 e. The van der Waals surface area contributed by atoms with Gasteiger partial charge in [-0.05, 0) is 30.9 Å². The molecule has 2 amide bonds. The van der Waals surface area contributed by atoms with Crippen molar-refractivity contribution in [2.45, 2.75) is 26.2 Å². The number of aromatic nitrogens is 1. The van der Waals surface area contributed by atoms with E-state index in [4.69, 9.17) is 5.11 Å². The molecule has 1 aliphatic rings. The van der Waals surface area contributed by atoms with Crippen LogP contribution in [0.4, 0.5) is 10.6 Å². The van der Waals surface area contributed by atoms with Crippen LogP contribution in [-0.2, 0) is 17.6 Å². The predicted molar refractivity (Wildman–Crippen MR) is 74.7 cm³/mol. The lowest BCUT2D eigenvalue weighted by atomic mass is 10.2. The number of aryl methyl sites for hydroxylation is 2. The highest BCUT2D eigenvalue weighted by Gasteiger charge is 2.18. The van der Waals surface area contributed by atoms with Gasteiger partial charge in [0, 0.05) is 19.3 Å². The standard InChI is InChI=1S/C14H19N3O3/c1-9(13(18)19)8-17(2)14(20)16-12-7-6-10-4-3-5-11(10)15-12/h6-7,9H,3-5,8H2,1-2H3,(H,18,19)(H,15,16,20). The monoisotopic (exact) mass is 277 g/mol. The Labute approximate surface area is 117 Å². The van der Waals surface area contributed by atoms with E-state index in [0.717, 1.165) is 25.0 Å². The van der Waals surface area contributed by atoms with Gasteiger partial charge >= 0.3 is 12.0 Å². The number of rotatable bonds is 4. The van der Waals surface area contributed by atoms with Gasteiger partial charge in [-0.15, -0.1) is 0 Å². The SMILES string of the molecule is CC(CN(C)C(=O)Nc1ccc2c(n1)CCC2)C(=O)O. The average molecular weight is 277 g/mol. The average Bonchev–Trinajstić information content (AvgIpc) is 2.85. The second kappa shape index (κ2) is 5.90. The van der Waals surface area contributed by atoms with Gasteiger partial charge < -0.3 is 10.0 Å². The van der Waals surface area contributed by atoms with Crippen molar-refractivity contribution >= 4 is 17.8 Å². The molecule has 2 rings (SSSR count). The fourth-order valence-corrected chi connectivity index (χ4v) is 2.27. The third-order valence-corrected chi connectivity index (χ3v) is 3.48. The summed E-state index contributed by atoms with van der Waals surface area (Å²) in [5.41, 5.74) is 2.29. The number of nitrogens with zero attached hydrogens (tertiary/aromatic N) is 2. The normalized spacial score (nSPS) is 14.5. The molecule has 1 aromatic heterocycles. The van der Waals surface area contributed by atoms with Crippen LogP contribution < -0.4 is 5.32 Å². The van der Waals surface area contributed by atoms with Crippen molar-refractivity contribution in [3.05, 3.63) is 23.4 Å². The zero-order valence-electron chi connectivity index (χ0n) is 11.7. The highest BCUT2D eigenvalue weighted by molar-refractivity contribution is 5.88. The first-order valence-electron chi connectivity index (χ1n) is 6.71. The number of carboxylic acids is 1. The van der Waals surface area contributed by atoms with Gasteiger partial charge in [0.2, 0.25) is 0 Å². The van der Waals surface area contributed by atoms with Crippen molar-refractivity contribution in [3.8, 4) is 0 Å². The Kier molecular flexibility index (Phi) is 4.22. The molecule has 0 spiro atoms. The van der Waals surface area contributed by atoms with E-state index in [1.54, 1.807) is 20.0 Å². The molecule has 1 unspecified atom stereocenters. The van der Waals surface area contributed by atoms with Crippen molar-refractivity contribution in [3.63, 3.8) is 0 Å². The van der Waals surface area contributed by atoms with Gasteiger partial charge in [-0.1, -0.05) is 13.0 Å². The van der Waals surface area contributed by atoms with Crippen LogP contribution in [0.25, 0.3) is 0 Å². The van der Waals surface area contributed by atoms with E-state index in [0.29, 0.717) is 5.82 Å². The summed E-state index contributed by atoms with van der Waals surface area (Å²) in [7, 11) is 1.57. The lowest BCUT2D eigenvalue weighted by Gasteiger charge is -2.19. The first-order valence-corrected chi connectivity index (χ1v) is 6.71. The Morgan fingerprint density at radius 2 is 2.20 bits per heavy atom. The number of urea groups is 1. The summed E-state index contributed by atoms with van der Waals surface area (Å²) in [6, 6.07) is 3.44. The van der Waals surface area contributed by atoms with Gasteiger partial charge in [-0.2, -0.15) is 0 Å². The van der Waals surface area contributed by atoms with Crippen LogP contribution in [0.15, 0.2) is 12.1 Å². The fraction of sp³-hybridized carbons (Fsp3) is 0.500. The number of aliphatic carboxylic acids is 1. The fourth-order valence-electron chi connectivity index (χ4n) is 2.27. The van der Waals surface area contributed by atoms with E-state index in [-0.39, 0.29) is 12.6 Å². The van der Waals surface area contributed by atoms with Gasteiger partial charge in [0.15, 0.2) is 0 Å². The second-order valence-electron chi connectivity index (χ2n) is 5.21. The molecule has 1 aromatic rings. The summed E-state index contributed by atoms with van der Waals surface area (Å²) in [5, 5.41) is 11.5. The number of hydrogen-bond acceptors (Lipinski definition) is 3. The van der Waals surface area contributed by atoms with Gasteiger partial charge in [-0.3, -0.25) is 10.1 Å². The zero-order chi connectivity index (χ0) is 14.7. The topological polar surface area (TPSA) is 82.5 Å². The van der Waals surface area contributed by atoms with E-state index >= 15 is 0 Å². The van der Waals surface area contributed by atoms with Crippen molar-refractivity contribution in [1.82, 2.24) is 9.88 Å². The predicted octanol–water partition coefficient (Wildman–Crippen LogP) is 1.75. The van der Waals surface area contributed by atoms with Crippen LogP contribution in [0, 0.1) is 5.92 Å². The van der Waals surface area contributed by atoms with Crippen LogP contribution >= 0.6 is 0 Å². The van der Waals surface area contributed by atoms with Crippen LogP contribution in [0.2, 0.25) is 0 Å². The molecular formula is C14H19N3O3. The number of carbonyl (C=O) groups excluding carboxylic acids is 1. The molecular weight excluding hydrogens is 258 g/mol. The van der Waals surface area contributed by atoms with Crippen LogP contribution in [0.1, 0.15) is 24.6 Å². The molecule has 20 heavy (non-hydrogen) atoms. The summed E-state index contributed by atoms with van der Waals surface area (Å²) in [4.78, 5) is 28.5. The Balaban J connectivity index is 1.95. The van der Waals surface area contributed by atoms with E-state index < -0.39 is 11.9 Å². The second-order valence-corrected chi connectivity index (χ2v) is 5.21. The van der Waals surface area contributed by atoms with Crippen molar-refractivity contribution in [2.24, 2.45) is 5.92 Å². The summed E-state index contributed by atoms with van der Waals surface area (Å²) in [6.45, 7) is 1.73. The number of pyridine rings is 1. The quantitative estimate of drug-likeness (QED) is 0.878. The first kappa shape index (κ1) is 14.3. The van der Waals surface area contributed by atoms with Crippen LogP contribution in [0.5, 0.6) is 0 Å². The number of fused-ring (bicyclic) bond motifs is 1. The molecule has 1 atom stereocenters. The van der Waals surface area contributed by atoms with Crippen LogP contribution in [0.3, 0.4) is 0 Å². The molecule has 1 aliphatic carbocycles. The molecule has 2 N–H and O–H groups in total. The molecule has 1 heterocycles. The number of carbonyl (C=O) groups is 2.